The first kappa shape index (κ1) is 59.7. The molecule has 7 saturated carbocycles. The highest BCUT2D eigenvalue weighted by atomic mass is 16.3. The van der Waals surface area contributed by atoms with Gasteiger partial charge in [-0.05, 0) is 183 Å². The van der Waals surface area contributed by atoms with Gasteiger partial charge in [-0.2, -0.15) is 15.3 Å². The number of aliphatic hydroxyl groups is 2. The van der Waals surface area contributed by atoms with Crippen LogP contribution in [0.25, 0.3) is 0 Å². The first-order valence-corrected chi connectivity index (χ1v) is 34.4. The minimum atomic E-state index is -0.0111. The van der Waals surface area contributed by atoms with Crippen molar-refractivity contribution in [2.75, 3.05) is 13.2 Å². The molecule has 0 radical (unpaired) electrons. The van der Waals surface area contributed by atoms with Crippen molar-refractivity contribution in [3.8, 4) is 0 Å². The number of aliphatic hydroxyl groups excluding tert-OH is 2. The fourth-order valence-electron chi connectivity index (χ4n) is 18.2. The Morgan fingerprint density at radius 2 is 0.878 bits per heavy atom. The number of fused-ring (bicyclic) bond motifs is 5. The van der Waals surface area contributed by atoms with E-state index in [0.29, 0.717) is 47.4 Å². The summed E-state index contributed by atoms with van der Waals surface area (Å²) < 4.78 is 6.86. The topological polar surface area (TPSA) is 181 Å². The number of nitrogens with one attached hydrogen (secondary N) is 3. The molecule has 3 amide bonds. The minimum Gasteiger partial charge on any atom is -0.396 e. The van der Waals surface area contributed by atoms with Crippen molar-refractivity contribution in [3.63, 3.8) is 0 Å². The highest BCUT2D eigenvalue weighted by Gasteiger charge is 2.59. The van der Waals surface area contributed by atoms with Gasteiger partial charge in [0.05, 0.1) is 23.8 Å². The normalized spacial score (nSPS) is 29.2. The van der Waals surface area contributed by atoms with Gasteiger partial charge < -0.3 is 26.2 Å². The number of nitrogens with zero attached hydrogens (tertiary/aromatic N) is 6. The van der Waals surface area contributed by atoms with Crippen LogP contribution in [0.4, 0.5) is 0 Å². The number of rotatable bonds is 13. The Kier molecular flexibility index (Phi) is 19.7. The molecule has 5 N–H and O–H groups in total. The van der Waals surface area contributed by atoms with Crippen molar-refractivity contribution in [2.24, 2.45) is 28.6 Å². The predicted octanol–water partition coefficient (Wildman–Crippen LogP) is 12.6. The van der Waals surface area contributed by atoms with Crippen LogP contribution in [0, 0.1) is 28.6 Å². The molecule has 3 aromatic heterocycles. The van der Waals surface area contributed by atoms with Crippen LogP contribution in [0.3, 0.4) is 0 Å². The zero-order valence-electron chi connectivity index (χ0n) is 51.2. The van der Waals surface area contributed by atoms with E-state index >= 15 is 0 Å². The van der Waals surface area contributed by atoms with E-state index in [0.717, 1.165) is 109 Å². The van der Waals surface area contributed by atoms with Crippen LogP contribution in [-0.4, -0.2) is 88.6 Å². The fraction of sp³-hybridized carbons (Fsp3) is 0.824. The van der Waals surface area contributed by atoms with Crippen LogP contribution < -0.4 is 16.0 Å². The summed E-state index contributed by atoms with van der Waals surface area (Å²) in [5.74, 6) is 1.38. The van der Waals surface area contributed by atoms with E-state index in [1.807, 2.05) is 0 Å². The zero-order chi connectivity index (χ0) is 56.8. The Morgan fingerprint density at radius 1 is 0.476 bits per heavy atom. The first-order chi connectivity index (χ1) is 39.9. The smallest absolute Gasteiger partial charge is 0.272 e. The standard InChI is InChI=1S/C26H41N3O.2C21H33N3O2/c1-25(2)18-15-16-26(3,17-18)24(25)27-23(30)14-13-21-20-11-7-8-12-22(20)29(28-21)19-9-5-4-6-10-19;2*25-14-15-8-4-6-12-18(15)22-21(26)20-17-11-5-7-13-19(17)24(23-20)16-9-2-1-3-10-16/h18-19,24H,4-17H2,1-3H3,(H,27,30);2*15-16,18,25H,1-14H2,(H,22,26)/t;15-,18+;15-,18-/m.01/s1. The number of aryl methyl sites for hydroxylation is 1. The maximum Gasteiger partial charge on any atom is 0.272 e. The number of aromatic nitrogens is 6. The summed E-state index contributed by atoms with van der Waals surface area (Å²) in [6.07, 6.45) is 46.8. The van der Waals surface area contributed by atoms with E-state index in [1.165, 1.54) is 187 Å². The third kappa shape index (κ3) is 13.0. The Bertz CT molecular complexity index is 2520. The molecule has 7 fully saturated rings. The third-order valence-corrected chi connectivity index (χ3v) is 23.0. The SMILES string of the molecule is CC12CCC(C1)C(C)(C)C2NC(=O)CCc1nn(C2CCCCC2)c2c1CCCC2.O=C(N[C@@H]1CCCC[C@@H]1CO)c1nn(C2CCCCC2)c2c1CCCC2.O=C(N[C@@H]1CCCC[C@H]1CO)c1nn(C2CCCCC2)c2c1CCCC2. The highest BCUT2D eigenvalue weighted by Crippen LogP contribution is 2.62. The summed E-state index contributed by atoms with van der Waals surface area (Å²) in [6.45, 7) is 7.47. The Morgan fingerprint density at radius 3 is 1.32 bits per heavy atom. The van der Waals surface area contributed by atoms with Crippen LogP contribution in [0.5, 0.6) is 0 Å². The van der Waals surface area contributed by atoms with Gasteiger partial charge in [0, 0.05) is 84.2 Å². The van der Waals surface area contributed by atoms with Crippen molar-refractivity contribution in [3.05, 3.63) is 50.9 Å². The summed E-state index contributed by atoms with van der Waals surface area (Å²) in [7, 11) is 0. The van der Waals surface area contributed by atoms with Gasteiger partial charge in [-0.1, -0.05) is 104 Å². The van der Waals surface area contributed by atoms with Crippen molar-refractivity contribution >= 4 is 17.7 Å². The lowest BCUT2D eigenvalue weighted by atomic mass is 9.68. The molecule has 14 nitrogen and oxygen atoms in total. The summed E-state index contributed by atoms with van der Waals surface area (Å²) in [5.41, 5.74) is 11.2. The molecule has 13 rings (SSSR count). The van der Waals surface area contributed by atoms with Gasteiger partial charge in [0.1, 0.15) is 0 Å². The molecule has 0 spiro atoms. The van der Waals surface area contributed by atoms with Crippen LogP contribution in [0.1, 0.15) is 311 Å². The highest BCUT2D eigenvalue weighted by molar-refractivity contribution is 5.95. The molecule has 3 heterocycles. The largest absolute Gasteiger partial charge is 0.396 e. The second-order valence-corrected chi connectivity index (χ2v) is 28.8. The number of hydrogen-bond acceptors (Lipinski definition) is 8. The van der Waals surface area contributed by atoms with Crippen molar-refractivity contribution in [2.45, 2.75) is 314 Å². The molecule has 14 heteroatoms. The Balaban J connectivity index is 0.000000130. The van der Waals surface area contributed by atoms with Gasteiger partial charge in [-0.15, -0.1) is 0 Å². The third-order valence-electron chi connectivity index (χ3n) is 23.0. The van der Waals surface area contributed by atoms with Crippen molar-refractivity contribution in [1.82, 2.24) is 45.3 Å². The fourth-order valence-corrected chi connectivity index (χ4v) is 18.2. The summed E-state index contributed by atoms with van der Waals surface area (Å²) >= 11 is 0. The molecule has 454 valence electrons. The lowest BCUT2D eigenvalue weighted by Gasteiger charge is -2.43. The molecule has 3 aromatic rings. The van der Waals surface area contributed by atoms with E-state index in [4.69, 9.17) is 15.3 Å². The first-order valence-electron chi connectivity index (χ1n) is 34.4. The molecule has 0 saturated heterocycles. The van der Waals surface area contributed by atoms with Gasteiger partial charge >= 0.3 is 0 Å². The molecule has 0 aliphatic heterocycles. The van der Waals surface area contributed by atoms with E-state index in [1.54, 1.807) is 0 Å². The monoisotopic (exact) mass is 1130 g/mol. The number of amides is 3. The quantitative estimate of drug-likeness (QED) is 0.112. The maximum atomic E-state index is 13.1. The summed E-state index contributed by atoms with van der Waals surface area (Å²) in [4.78, 5) is 39.2. The number of carbonyl (C=O) groups is 3. The van der Waals surface area contributed by atoms with Crippen LogP contribution >= 0.6 is 0 Å². The van der Waals surface area contributed by atoms with E-state index in [-0.39, 0.29) is 60.3 Å². The summed E-state index contributed by atoms with van der Waals surface area (Å²) in [6, 6.07) is 2.09. The average molecular weight is 1130 g/mol. The van der Waals surface area contributed by atoms with E-state index < -0.39 is 0 Å². The number of hydrogen-bond donors (Lipinski definition) is 5. The Hall–Kier alpha value is -4.04. The van der Waals surface area contributed by atoms with Crippen LogP contribution in [0.15, 0.2) is 0 Å². The van der Waals surface area contributed by atoms with E-state index in [2.05, 4.69) is 50.8 Å². The number of carbonyl (C=O) groups excluding carboxylic acids is 3. The molecule has 0 aromatic carbocycles. The van der Waals surface area contributed by atoms with Crippen LogP contribution in [0.2, 0.25) is 0 Å². The van der Waals surface area contributed by atoms with Gasteiger partial charge in [-0.25, -0.2) is 0 Å². The minimum absolute atomic E-state index is 0.0111. The Labute approximate surface area is 492 Å². The predicted molar refractivity (Wildman–Crippen MR) is 323 cm³/mol. The molecule has 82 heavy (non-hydrogen) atoms. The lowest BCUT2D eigenvalue weighted by molar-refractivity contribution is -0.123. The molecule has 2 bridgehead atoms. The van der Waals surface area contributed by atoms with Crippen LogP contribution in [-0.2, 0) is 49.7 Å². The van der Waals surface area contributed by atoms with Crippen molar-refractivity contribution in [1.29, 1.82) is 0 Å². The van der Waals surface area contributed by atoms with Gasteiger partial charge in [0.15, 0.2) is 11.4 Å². The van der Waals surface area contributed by atoms with E-state index in [9.17, 15) is 24.6 Å². The van der Waals surface area contributed by atoms with Gasteiger partial charge in [0.2, 0.25) is 5.91 Å². The molecule has 10 aliphatic carbocycles. The lowest BCUT2D eigenvalue weighted by Crippen LogP contribution is -2.52. The molecular formula is C68H107N9O5. The molecule has 3 unspecified atom stereocenters. The van der Waals surface area contributed by atoms with Crippen molar-refractivity contribution < 1.29 is 24.6 Å². The second-order valence-electron chi connectivity index (χ2n) is 28.8. The molecular weight excluding hydrogens is 1020 g/mol. The van der Waals surface area contributed by atoms with Gasteiger partial charge in [0.25, 0.3) is 11.8 Å². The molecule has 10 aliphatic rings. The van der Waals surface area contributed by atoms with Gasteiger partial charge in [-0.3, -0.25) is 28.4 Å². The maximum absolute atomic E-state index is 13.1. The summed E-state index contributed by atoms with van der Waals surface area (Å²) in [5, 5.41) is 44.1. The molecule has 7 atom stereocenters. The average Bonchev–Trinajstić information content (AvgIpc) is 4.50. The zero-order valence-corrected chi connectivity index (χ0v) is 51.2. The second kappa shape index (κ2) is 27.1.